The molecule has 2 aromatic rings. The molecule has 1 aliphatic heterocycles. The minimum atomic E-state index is -4.58. The molecule has 2 aromatic carbocycles. The summed E-state index contributed by atoms with van der Waals surface area (Å²) >= 11 is 0. The average Bonchev–Trinajstić information content (AvgIpc) is 2.74. The van der Waals surface area contributed by atoms with E-state index in [2.05, 4.69) is 10.6 Å². The molecule has 3 N–H and O–H groups in total. The molecule has 0 aliphatic carbocycles. The van der Waals surface area contributed by atoms with E-state index in [1.54, 1.807) is 12.0 Å². The van der Waals surface area contributed by atoms with Gasteiger partial charge in [0.15, 0.2) is 11.6 Å². The number of rotatable bonds is 6. The van der Waals surface area contributed by atoms with Crippen molar-refractivity contribution in [3.05, 3.63) is 59.2 Å². The van der Waals surface area contributed by atoms with E-state index in [0.717, 1.165) is 24.3 Å². The van der Waals surface area contributed by atoms with Crippen LogP contribution in [0.4, 0.5) is 33.3 Å². The first-order valence-electron chi connectivity index (χ1n) is 9.68. The van der Waals surface area contributed by atoms with E-state index in [4.69, 9.17) is 10.1 Å². The van der Waals surface area contributed by atoms with Gasteiger partial charge in [-0.15, -0.1) is 0 Å². The van der Waals surface area contributed by atoms with Crippen molar-refractivity contribution >= 4 is 17.2 Å². The minimum absolute atomic E-state index is 0.0203. The Labute approximate surface area is 176 Å². The number of methoxy groups -OCH3 is 1. The average molecular weight is 442 g/mol. The highest BCUT2D eigenvalue weighted by Gasteiger charge is 2.32. The lowest BCUT2D eigenvalue weighted by molar-refractivity contribution is -0.137. The van der Waals surface area contributed by atoms with Gasteiger partial charge < -0.3 is 20.3 Å². The molecule has 0 unspecified atom stereocenters. The van der Waals surface area contributed by atoms with Crippen molar-refractivity contribution in [3.63, 3.8) is 0 Å². The van der Waals surface area contributed by atoms with Crippen LogP contribution >= 0.6 is 0 Å². The SMILES string of the molecule is COCC[C@H]1CN(C(=N)c2cc(C(F)(F)F)ccc2Nc2ccc(F)c(F)c2)CCN1. The van der Waals surface area contributed by atoms with Crippen molar-refractivity contribution in [2.24, 2.45) is 0 Å². The van der Waals surface area contributed by atoms with E-state index in [9.17, 15) is 22.0 Å². The van der Waals surface area contributed by atoms with Crippen molar-refractivity contribution in [2.75, 3.05) is 38.7 Å². The fraction of sp³-hybridized carbons (Fsp3) is 0.381. The molecular weight excluding hydrogens is 419 g/mol. The van der Waals surface area contributed by atoms with Crippen molar-refractivity contribution in [1.29, 1.82) is 5.41 Å². The molecule has 5 nitrogen and oxygen atoms in total. The molecule has 0 saturated carbocycles. The van der Waals surface area contributed by atoms with Crippen molar-refractivity contribution in [1.82, 2.24) is 10.2 Å². The van der Waals surface area contributed by atoms with Crippen molar-refractivity contribution < 1.29 is 26.7 Å². The van der Waals surface area contributed by atoms with E-state index < -0.39 is 23.4 Å². The smallest absolute Gasteiger partial charge is 0.385 e. The zero-order chi connectivity index (χ0) is 22.6. The number of nitrogens with one attached hydrogen (secondary N) is 3. The maximum atomic E-state index is 13.6. The summed E-state index contributed by atoms with van der Waals surface area (Å²) in [6, 6.07) is 6.11. The number of hydrogen-bond acceptors (Lipinski definition) is 4. The molecule has 1 atom stereocenters. The van der Waals surface area contributed by atoms with Gasteiger partial charge >= 0.3 is 6.18 Å². The summed E-state index contributed by atoms with van der Waals surface area (Å²) in [5.74, 6) is -2.20. The molecule has 1 aliphatic rings. The lowest BCUT2D eigenvalue weighted by Crippen LogP contribution is -2.53. The first-order valence-corrected chi connectivity index (χ1v) is 9.68. The summed E-state index contributed by atoms with van der Waals surface area (Å²) in [4.78, 5) is 1.70. The minimum Gasteiger partial charge on any atom is -0.385 e. The third-order valence-electron chi connectivity index (χ3n) is 5.04. The van der Waals surface area contributed by atoms with Gasteiger partial charge in [-0.3, -0.25) is 5.41 Å². The molecule has 31 heavy (non-hydrogen) atoms. The Morgan fingerprint density at radius 3 is 2.65 bits per heavy atom. The first-order chi connectivity index (χ1) is 14.7. The van der Waals surface area contributed by atoms with E-state index in [-0.39, 0.29) is 28.8 Å². The summed E-state index contributed by atoms with van der Waals surface area (Å²) in [6.45, 7) is 1.97. The maximum Gasteiger partial charge on any atom is 0.416 e. The first kappa shape index (κ1) is 23.0. The predicted octanol–water partition coefficient (Wildman–Crippen LogP) is 4.36. The Bertz CT molecular complexity index is 934. The number of alkyl halides is 3. The van der Waals surface area contributed by atoms with Crippen LogP contribution in [0, 0.1) is 17.0 Å². The summed E-state index contributed by atoms with van der Waals surface area (Å²) in [5.41, 5.74) is -0.525. The molecule has 0 spiro atoms. The van der Waals surface area contributed by atoms with Crippen LogP contribution in [0.3, 0.4) is 0 Å². The van der Waals surface area contributed by atoms with Gasteiger partial charge in [0.05, 0.1) is 5.56 Å². The zero-order valence-electron chi connectivity index (χ0n) is 16.8. The Kier molecular flexibility index (Phi) is 7.11. The lowest BCUT2D eigenvalue weighted by atomic mass is 10.0. The monoisotopic (exact) mass is 442 g/mol. The normalized spacial score (nSPS) is 17.0. The molecule has 1 heterocycles. The van der Waals surface area contributed by atoms with Crippen molar-refractivity contribution in [2.45, 2.75) is 18.6 Å². The molecule has 0 bridgehead atoms. The third kappa shape index (κ3) is 5.71. The van der Waals surface area contributed by atoms with Crippen LogP contribution in [0.25, 0.3) is 0 Å². The molecular formula is C21H23F5N4O. The summed E-state index contributed by atoms with van der Waals surface area (Å²) in [6.07, 6.45) is -3.89. The molecule has 0 amide bonds. The second-order valence-electron chi connectivity index (χ2n) is 7.24. The van der Waals surface area contributed by atoms with Gasteiger partial charge in [-0.05, 0) is 36.8 Å². The third-order valence-corrected chi connectivity index (χ3v) is 5.04. The maximum absolute atomic E-state index is 13.6. The molecule has 10 heteroatoms. The summed E-state index contributed by atoms with van der Waals surface area (Å²) in [5, 5.41) is 14.7. The highest BCUT2D eigenvalue weighted by atomic mass is 19.4. The van der Waals surface area contributed by atoms with Crippen LogP contribution in [0.5, 0.6) is 0 Å². The van der Waals surface area contributed by atoms with E-state index in [1.807, 2.05) is 0 Å². The predicted molar refractivity (Wildman–Crippen MR) is 108 cm³/mol. The number of nitrogens with zero attached hydrogens (tertiary/aromatic N) is 1. The topological polar surface area (TPSA) is 60.4 Å². The highest BCUT2D eigenvalue weighted by molar-refractivity contribution is 6.02. The number of benzene rings is 2. The molecule has 1 fully saturated rings. The van der Waals surface area contributed by atoms with Crippen LogP contribution < -0.4 is 10.6 Å². The Balaban J connectivity index is 1.91. The number of hydrogen-bond donors (Lipinski definition) is 3. The molecule has 1 saturated heterocycles. The van der Waals surface area contributed by atoms with Crippen LogP contribution in [-0.4, -0.2) is 50.1 Å². The standard InChI is InChI=1S/C21H23F5N4O/c1-31-9-6-15-12-30(8-7-28-15)20(27)16-10-13(21(24,25)26)2-5-19(16)29-14-3-4-17(22)18(23)11-14/h2-5,10-11,15,27-29H,6-9,12H2,1H3/t15-/m0/s1. The highest BCUT2D eigenvalue weighted by Crippen LogP contribution is 2.33. The second-order valence-corrected chi connectivity index (χ2v) is 7.24. The van der Waals surface area contributed by atoms with Crippen LogP contribution in [0.15, 0.2) is 36.4 Å². The Morgan fingerprint density at radius 1 is 1.19 bits per heavy atom. The summed E-state index contributed by atoms with van der Waals surface area (Å²) < 4.78 is 71.8. The summed E-state index contributed by atoms with van der Waals surface area (Å²) in [7, 11) is 1.58. The Morgan fingerprint density at radius 2 is 1.97 bits per heavy atom. The van der Waals surface area contributed by atoms with Gasteiger partial charge in [0.1, 0.15) is 5.84 Å². The largest absolute Gasteiger partial charge is 0.416 e. The van der Waals surface area contributed by atoms with Gasteiger partial charge in [0.2, 0.25) is 0 Å². The molecule has 3 rings (SSSR count). The van der Waals surface area contributed by atoms with E-state index >= 15 is 0 Å². The van der Waals surface area contributed by atoms with Crippen LogP contribution in [0.2, 0.25) is 0 Å². The zero-order valence-corrected chi connectivity index (χ0v) is 16.8. The fourth-order valence-electron chi connectivity index (χ4n) is 3.41. The molecule has 0 radical (unpaired) electrons. The van der Waals surface area contributed by atoms with E-state index in [0.29, 0.717) is 32.7 Å². The van der Waals surface area contributed by atoms with Gasteiger partial charge in [-0.25, -0.2) is 8.78 Å². The quantitative estimate of drug-likeness (QED) is 0.354. The number of amidine groups is 1. The molecule has 168 valence electrons. The number of halogens is 5. The second kappa shape index (κ2) is 9.61. The number of ether oxygens (including phenoxy) is 1. The van der Waals surface area contributed by atoms with Gasteiger partial charge in [0.25, 0.3) is 0 Å². The van der Waals surface area contributed by atoms with Crippen LogP contribution in [0.1, 0.15) is 17.5 Å². The number of piperazine rings is 1. The van der Waals surface area contributed by atoms with Crippen LogP contribution in [-0.2, 0) is 10.9 Å². The Hall–Kier alpha value is -2.72. The molecule has 0 aromatic heterocycles. The lowest BCUT2D eigenvalue weighted by Gasteiger charge is -2.36. The van der Waals surface area contributed by atoms with Gasteiger partial charge in [0, 0.05) is 62.4 Å². The van der Waals surface area contributed by atoms with Gasteiger partial charge in [-0.2, -0.15) is 13.2 Å². The van der Waals surface area contributed by atoms with Crippen molar-refractivity contribution in [3.8, 4) is 0 Å². The van der Waals surface area contributed by atoms with Gasteiger partial charge in [-0.1, -0.05) is 0 Å². The fourth-order valence-corrected chi connectivity index (χ4v) is 3.41. The van der Waals surface area contributed by atoms with E-state index in [1.165, 1.54) is 12.1 Å². The number of anilines is 2.